The fraction of sp³-hybridized carbons (Fsp3) is 0.615. The van der Waals surface area contributed by atoms with Crippen LogP contribution in [0.15, 0.2) is 24.5 Å². The molecule has 3 nitrogen and oxygen atoms in total. The second-order valence-electron chi connectivity index (χ2n) is 4.33. The third kappa shape index (κ3) is 3.91. The maximum absolute atomic E-state index is 5.66. The Morgan fingerprint density at radius 2 is 2.25 bits per heavy atom. The molecule has 16 heavy (non-hydrogen) atoms. The molecule has 2 heterocycles. The standard InChI is InChI=1S/C13H20N2O/c1-4-13(15-7-1)11-16-10-2-3-12-5-8-14-9-6-12/h5-6,8-9,13,15H,1-4,7,10-11H2/t13-/m0/s1. The Balaban J connectivity index is 1.52. The monoisotopic (exact) mass is 220 g/mol. The SMILES string of the molecule is c1cc(CCCOC[C@@H]2CCCN2)ccn1. The lowest BCUT2D eigenvalue weighted by molar-refractivity contribution is 0.114. The summed E-state index contributed by atoms with van der Waals surface area (Å²) in [6.45, 7) is 2.89. The quantitative estimate of drug-likeness (QED) is 0.742. The summed E-state index contributed by atoms with van der Waals surface area (Å²) < 4.78 is 5.66. The molecule has 1 N–H and O–H groups in total. The van der Waals surface area contributed by atoms with Crippen molar-refractivity contribution in [3.05, 3.63) is 30.1 Å². The lowest BCUT2D eigenvalue weighted by Crippen LogP contribution is -2.26. The number of aryl methyl sites for hydroxylation is 1. The first kappa shape index (κ1) is 11.6. The minimum atomic E-state index is 0.598. The van der Waals surface area contributed by atoms with Crippen LogP contribution < -0.4 is 5.32 Å². The van der Waals surface area contributed by atoms with Crippen LogP contribution in [-0.2, 0) is 11.2 Å². The molecule has 1 saturated heterocycles. The van der Waals surface area contributed by atoms with Gasteiger partial charge in [-0.2, -0.15) is 0 Å². The van der Waals surface area contributed by atoms with Crippen molar-refractivity contribution in [2.75, 3.05) is 19.8 Å². The van der Waals surface area contributed by atoms with E-state index in [1.54, 1.807) is 0 Å². The van der Waals surface area contributed by atoms with Gasteiger partial charge in [0.05, 0.1) is 6.61 Å². The van der Waals surface area contributed by atoms with Gasteiger partial charge in [0, 0.05) is 25.0 Å². The summed E-state index contributed by atoms with van der Waals surface area (Å²) in [6, 6.07) is 4.73. The Labute approximate surface area is 97.2 Å². The van der Waals surface area contributed by atoms with E-state index in [4.69, 9.17) is 4.74 Å². The molecule has 0 unspecified atom stereocenters. The van der Waals surface area contributed by atoms with Gasteiger partial charge < -0.3 is 10.1 Å². The van der Waals surface area contributed by atoms with Gasteiger partial charge in [-0.15, -0.1) is 0 Å². The van der Waals surface area contributed by atoms with E-state index in [9.17, 15) is 0 Å². The van der Waals surface area contributed by atoms with E-state index < -0.39 is 0 Å². The normalized spacial score (nSPS) is 20.1. The van der Waals surface area contributed by atoms with Crippen molar-refractivity contribution in [2.45, 2.75) is 31.7 Å². The maximum atomic E-state index is 5.66. The largest absolute Gasteiger partial charge is 0.380 e. The van der Waals surface area contributed by atoms with Crippen molar-refractivity contribution in [3.63, 3.8) is 0 Å². The number of pyridine rings is 1. The molecule has 1 aliphatic rings. The Morgan fingerprint density at radius 1 is 1.38 bits per heavy atom. The van der Waals surface area contributed by atoms with Gasteiger partial charge in [-0.25, -0.2) is 0 Å². The highest BCUT2D eigenvalue weighted by molar-refractivity contribution is 5.09. The second kappa shape index (κ2) is 6.61. The van der Waals surface area contributed by atoms with Crippen LogP contribution in [-0.4, -0.2) is 30.8 Å². The number of aromatic nitrogens is 1. The zero-order valence-electron chi connectivity index (χ0n) is 9.69. The van der Waals surface area contributed by atoms with E-state index in [1.165, 1.54) is 18.4 Å². The van der Waals surface area contributed by atoms with Crippen molar-refractivity contribution < 1.29 is 4.74 Å². The zero-order chi connectivity index (χ0) is 11.1. The molecule has 2 rings (SSSR count). The highest BCUT2D eigenvalue weighted by atomic mass is 16.5. The van der Waals surface area contributed by atoms with E-state index in [2.05, 4.69) is 22.4 Å². The summed E-state index contributed by atoms with van der Waals surface area (Å²) in [5.41, 5.74) is 1.34. The van der Waals surface area contributed by atoms with Gasteiger partial charge in [0.1, 0.15) is 0 Å². The minimum absolute atomic E-state index is 0.598. The molecule has 1 atom stereocenters. The van der Waals surface area contributed by atoms with Crippen LogP contribution in [0.1, 0.15) is 24.8 Å². The van der Waals surface area contributed by atoms with E-state index in [-0.39, 0.29) is 0 Å². The number of nitrogens with zero attached hydrogens (tertiary/aromatic N) is 1. The molecule has 0 spiro atoms. The molecule has 1 aromatic heterocycles. The predicted octanol–water partition coefficient (Wildman–Crippen LogP) is 1.78. The molecule has 0 amide bonds. The summed E-state index contributed by atoms with van der Waals surface area (Å²) in [5.74, 6) is 0. The number of rotatable bonds is 6. The van der Waals surface area contributed by atoms with Crippen LogP contribution in [0.25, 0.3) is 0 Å². The summed E-state index contributed by atoms with van der Waals surface area (Å²) in [5, 5.41) is 3.43. The predicted molar refractivity (Wildman–Crippen MR) is 64.4 cm³/mol. The molecule has 0 saturated carbocycles. The van der Waals surface area contributed by atoms with Crippen LogP contribution in [0.2, 0.25) is 0 Å². The summed E-state index contributed by atoms with van der Waals surface area (Å²) in [7, 11) is 0. The van der Waals surface area contributed by atoms with Gasteiger partial charge in [-0.1, -0.05) is 0 Å². The molecule has 88 valence electrons. The fourth-order valence-electron chi connectivity index (χ4n) is 2.05. The summed E-state index contributed by atoms with van der Waals surface area (Å²) >= 11 is 0. The topological polar surface area (TPSA) is 34.1 Å². The Bertz CT molecular complexity index is 283. The lowest BCUT2D eigenvalue weighted by Gasteiger charge is -2.10. The first-order valence-electron chi connectivity index (χ1n) is 6.15. The fourth-order valence-corrected chi connectivity index (χ4v) is 2.05. The number of nitrogens with one attached hydrogen (secondary N) is 1. The number of hydrogen-bond donors (Lipinski definition) is 1. The van der Waals surface area contributed by atoms with Gasteiger partial charge in [0.2, 0.25) is 0 Å². The molecule has 1 aliphatic heterocycles. The first-order chi connectivity index (χ1) is 7.95. The number of hydrogen-bond acceptors (Lipinski definition) is 3. The molecule has 0 aromatic carbocycles. The average molecular weight is 220 g/mol. The Hall–Kier alpha value is -0.930. The van der Waals surface area contributed by atoms with Crippen molar-refractivity contribution >= 4 is 0 Å². The van der Waals surface area contributed by atoms with E-state index in [1.807, 2.05) is 12.4 Å². The van der Waals surface area contributed by atoms with Gasteiger partial charge in [-0.05, 0) is 49.9 Å². The van der Waals surface area contributed by atoms with Crippen molar-refractivity contribution in [2.24, 2.45) is 0 Å². The van der Waals surface area contributed by atoms with Crippen molar-refractivity contribution in [1.29, 1.82) is 0 Å². The van der Waals surface area contributed by atoms with Gasteiger partial charge in [0.25, 0.3) is 0 Å². The molecule has 0 bridgehead atoms. The summed E-state index contributed by atoms with van der Waals surface area (Å²) in [6.07, 6.45) is 8.43. The molecular weight excluding hydrogens is 200 g/mol. The molecule has 0 radical (unpaired) electrons. The van der Waals surface area contributed by atoms with Crippen LogP contribution in [0.3, 0.4) is 0 Å². The number of ether oxygens (including phenoxy) is 1. The van der Waals surface area contributed by atoms with Crippen LogP contribution in [0, 0.1) is 0 Å². The van der Waals surface area contributed by atoms with Crippen LogP contribution in [0.5, 0.6) is 0 Å². The molecule has 3 heteroatoms. The molecule has 0 aliphatic carbocycles. The molecular formula is C13H20N2O. The highest BCUT2D eigenvalue weighted by Gasteiger charge is 2.13. The zero-order valence-corrected chi connectivity index (χ0v) is 9.69. The van der Waals surface area contributed by atoms with Gasteiger partial charge >= 0.3 is 0 Å². The van der Waals surface area contributed by atoms with Gasteiger partial charge in [-0.3, -0.25) is 4.98 Å². The second-order valence-corrected chi connectivity index (χ2v) is 4.33. The third-order valence-electron chi connectivity index (χ3n) is 2.98. The first-order valence-corrected chi connectivity index (χ1v) is 6.15. The maximum Gasteiger partial charge on any atom is 0.0619 e. The Morgan fingerprint density at radius 3 is 3.00 bits per heavy atom. The van der Waals surface area contributed by atoms with Gasteiger partial charge in [0.15, 0.2) is 0 Å². The lowest BCUT2D eigenvalue weighted by atomic mass is 10.1. The van der Waals surface area contributed by atoms with Crippen LogP contribution in [0.4, 0.5) is 0 Å². The Kier molecular flexibility index (Phi) is 4.77. The summed E-state index contributed by atoms with van der Waals surface area (Å²) in [4.78, 5) is 4.00. The average Bonchev–Trinajstić information content (AvgIpc) is 2.83. The smallest absolute Gasteiger partial charge is 0.0619 e. The van der Waals surface area contributed by atoms with E-state index >= 15 is 0 Å². The molecule has 1 aromatic rings. The van der Waals surface area contributed by atoms with E-state index in [0.717, 1.165) is 32.6 Å². The van der Waals surface area contributed by atoms with Crippen molar-refractivity contribution in [3.8, 4) is 0 Å². The third-order valence-corrected chi connectivity index (χ3v) is 2.98. The minimum Gasteiger partial charge on any atom is -0.380 e. The molecule has 1 fully saturated rings. The van der Waals surface area contributed by atoms with E-state index in [0.29, 0.717) is 6.04 Å². The van der Waals surface area contributed by atoms with Crippen LogP contribution >= 0.6 is 0 Å². The van der Waals surface area contributed by atoms with Crippen molar-refractivity contribution in [1.82, 2.24) is 10.3 Å². The highest BCUT2D eigenvalue weighted by Crippen LogP contribution is 2.06.